The van der Waals surface area contributed by atoms with Gasteiger partial charge in [-0.1, -0.05) is 36.4 Å². The zero-order valence-electron chi connectivity index (χ0n) is 20.2. The molecule has 9 heteroatoms. The summed E-state index contributed by atoms with van der Waals surface area (Å²) in [6.07, 6.45) is 6.58. The van der Waals surface area contributed by atoms with Crippen LogP contribution in [0.5, 0.6) is 0 Å². The van der Waals surface area contributed by atoms with Gasteiger partial charge in [0.15, 0.2) is 5.71 Å². The van der Waals surface area contributed by atoms with Crippen molar-refractivity contribution >= 4 is 39.6 Å². The number of fused-ring (bicyclic) bond motifs is 1. The Morgan fingerprint density at radius 3 is 2.17 bits per heavy atom. The van der Waals surface area contributed by atoms with Gasteiger partial charge in [0, 0.05) is 49.4 Å². The van der Waals surface area contributed by atoms with Crippen molar-refractivity contribution in [1.29, 1.82) is 0 Å². The quantitative estimate of drug-likeness (QED) is 0.407. The van der Waals surface area contributed by atoms with Crippen molar-refractivity contribution in [3.05, 3.63) is 72.4 Å². The first-order chi connectivity index (χ1) is 16.6. The third kappa shape index (κ3) is 7.71. The number of hydrogen-bond donors (Lipinski definition) is 1. The highest BCUT2D eigenvalue weighted by Crippen LogP contribution is 2.40. The molecule has 0 bridgehead atoms. The van der Waals surface area contributed by atoms with Crippen LogP contribution in [-0.2, 0) is 25.6 Å². The average Bonchev–Trinajstić information content (AvgIpc) is 3.00. The van der Waals surface area contributed by atoms with Crippen LogP contribution >= 0.6 is 0 Å². The summed E-state index contributed by atoms with van der Waals surface area (Å²) in [6.45, 7) is 6.79. The highest BCUT2D eigenvalue weighted by atomic mass is 32.2. The molecule has 0 spiro atoms. The smallest absolute Gasteiger partial charge is 0.425 e. The van der Waals surface area contributed by atoms with E-state index in [-0.39, 0.29) is 17.7 Å². The molecule has 1 aliphatic rings. The molecule has 3 rings (SSSR count). The van der Waals surface area contributed by atoms with Gasteiger partial charge in [-0.2, -0.15) is 4.58 Å². The fourth-order valence-electron chi connectivity index (χ4n) is 4.21. The van der Waals surface area contributed by atoms with Crippen molar-refractivity contribution in [3.63, 3.8) is 0 Å². The van der Waals surface area contributed by atoms with E-state index in [0.717, 1.165) is 30.8 Å². The third-order valence-electron chi connectivity index (χ3n) is 5.83. The van der Waals surface area contributed by atoms with Crippen LogP contribution < -0.4 is 4.90 Å². The Kier molecular flexibility index (Phi) is 10.1. The molecule has 0 unspecified atom stereocenters. The van der Waals surface area contributed by atoms with Crippen LogP contribution in [0.25, 0.3) is 0 Å². The minimum absolute atomic E-state index is 0.0448. The van der Waals surface area contributed by atoms with Crippen molar-refractivity contribution < 1.29 is 31.9 Å². The molecule has 0 fully saturated rings. The van der Waals surface area contributed by atoms with Gasteiger partial charge in [-0.3, -0.25) is 14.5 Å². The summed E-state index contributed by atoms with van der Waals surface area (Å²) in [7, 11) is -3.11. The van der Waals surface area contributed by atoms with Gasteiger partial charge < -0.3 is 5.11 Å². The molecule has 1 aliphatic heterocycles. The Morgan fingerprint density at radius 2 is 1.57 bits per heavy atom. The van der Waals surface area contributed by atoms with E-state index in [1.807, 2.05) is 48.7 Å². The number of carbonyl (C=O) groups is 2. The van der Waals surface area contributed by atoms with Crippen LogP contribution in [0, 0.1) is 0 Å². The number of unbranched alkanes of at least 4 members (excludes halogenated alkanes) is 2. The number of carboxylic acid groups (broad SMARTS) is 1. The molecule has 1 N–H and O–H groups in total. The van der Waals surface area contributed by atoms with Crippen LogP contribution in [0.4, 0.5) is 11.4 Å². The fourth-order valence-corrected chi connectivity index (χ4v) is 4.21. The molecule has 2 aromatic carbocycles. The van der Waals surface area contributed by atoms with Gasteiger partial charge in [0.2, 0.25) is 11.6 Å². The van der Waals surface area contributed by atoms with Gasteiger partial charge in [0.05, 0.1) is 5.41 Å². The van der Waals surface area contributed by atoms with E-state index in [1.54, 1.807) is 11.8 Å². The predicted octanol–water partition coefficient (Wildman–Crippen LogP) is 4.27. The number of rotatable bonds is 9. The third-order valence-corrected chi connectivity index (χ3v) is 5.83. The lowest BCUT2D eigenvalue weighted by Gasteiger charge is -2.18. The summed E-state index contributed by atoms with van der Waals surface area (Å²) in [5.41, 5.74) is 4.20. The van der Waals surface area contributed by atoms with E-state index in [0.29, 0.717) is 6.42 Å². The zero-order valence-corrected chi connectivity index (χ0v) is 21.0. The summed E-state index contributed by atoms with van der Waals surface area (Å²) >= 11 is 0. The van der Waals surface area contributed by atoms with Crippen molar-refractivity contribution in [2.45, 2.75) is 51.9 Å². The zero-order chi connectivity index (χ0) is 26.0. The first-order valence-corrected chi connectivity index (χ1v) is 12.3. The molecule has 35 heavy (non-hydrogen) atoms. The Bertz CT molecular complexity index is 1210. The lowest BCUT2D eigenvalue weighted by Crippen LogP contribution is -2.29. The summed E-state index contributed by atoms with van der Waals surface area (Å²) in [4.78, 5) is 24.8. The minimum atomic E-state index is -3.11. The van der Waals surface area contributed by atoms with Crippen LogP contribution in [0.1, 0.15) is 52.0 Å². The number of hydrogen-bond acceptors (Lipinski definition) is 5. The first kappa shape index (κ1) is 27.7. The molecular weight excluding hydrogens is 468 g/mol. The van der Waals surface area contributed by atoms with E-state index < -0.39 is 16.6 Å². The van der Waals surface area contributed by atoms with Crippen LogP contribution in [-0.4, -0.2) is 46.4 Å². The van der Waals surface area contributed by atoms with E-state index in [4.69, 9.17) is 17.7 Å². The second-order valence-corrected chi connectivity index (χ2v) is 9.04. The molecule has 2 aromatic rings. The van der Waals surface area contributed by atoms with Crippen molar-refractivity contribution in [2.24, 2.45) is 0 Å². The van der Waals surface area contributed by atoms with Gasteiger partial charge in [-0.15, -0.1) is 12.6 Å². The van der Waals surface area contributed by atoms with Gasteiger partial charge in [0.25, 0.3) is 0 Å². The molecule has 0 saturated carbocycles. The molecule has 0 saturated heterocycles. The number of para-hydroxylation sites is 2. The first-order valence-electron chi connectivity index (χ1n) is 11.3. The van der Waals surface area contributed by atoms with Crippen molar-refractivity contribution in [1.82, 2.24) is 0 Å². The predicted molar refractivity (Wildman–Crippen MR) is 134 cm³/mol. The van der Waals surface area contributed by atoms with Crippen molar-refractivity contribution in [3.8, 4) is 0 Å². The highest BCUT2D eigenvalue weighted by Gasteiger charge is 2.43. The number of nitrogens with zero attached hydrogens (tertiary/aromatic N) is 2. The number of aliphatic carboxylic acids is 1. The minimum Gasteiger partial charge on any atom is -0.481 e. The maximum atomic E-state index is 12.3. The fraction of sp³-hybridized carbons (Fsp3) is 0.346. The second kappa shape index (κ2) is 12.8. The monoisotopic (exact) mass is 499 g/mol. The lowest BCUT2D eigenvalue weighted by molar-refractivity contribution is -0.438. The number of carbonyl (C=O) groups excluding carboxylic acids is 1. The summed E-state index contributed by atoms with van der Waals surface area (Å²) in [6, 6.07) is 18.0. The number of amides is 1. The number of anilines is 1. The maximum Gasteiger partial charge on any atom is 0.425 e. The van der Waals surface area contributed by atoms with Crippen LogP contribution in [0.15, 0.2) is 66.9 Å². The lowest BCUT2D eigenvalue weighted by atomic mass is 9.81. The molecule has 186 valence electrons. The SMILES string of the molecule is CC(=O)N(/C=C/C1=[N+](CCCCCC(=O)O)c2ccccc2C1(C)C)c1ccccc1.O=S(=O)=O. The molecular formula is C26H31N2O6S+. The summed E-state index contributed by atoms with van der Waals surface area (Å²) < 4.78 is 27.6. The Hall–Kier alpha value is -3.59. The molecule has 0 radical (unpaired) electrons. The number of benzene rings is 2. The Labute approximate surface area is 207 Å². The topological polar surface area (TPSA) is 112 Å². The molecule has 1 heterocycles. The molecule has 8 nitrogen and oxygen atoms in total. The van der Waals surface area contributed by atoms with E-state index in [9.17, 15) is 9.59 Å². The number of carboxylic acids is 1. The normalized spacial score (nSPS) is 13.7. The van der Waals surface area contributed by atoms with Gasteiger partial charge in [0.1, 0.15) is 6.54 Å². The van der Waals surface area contributed by atoms with Gasteiger partial charge in [-0.05, 0) is 38.8 Å². The average molecular weight is 500 g/mol. The maximum absolute atomic E-state index is 12.3. The largest absolute Gasteiger partial charge is 0.481 e. The molecule has 0 aliphatic carbocycles. The van der Waals surface area contributed by atoms with Gasteiger partial charge in [-0.25, -0.2) is 0 Å². The molecule has 0 aromatic heterocycles. The van der Waals surface area contributed by atoms with E-state index in [2.05, 4.69) is 36.6 Å². The highest BCUT2D eigenvalue weighted by molar-refractivity contribution is 7.59. The second-order valence-electron chi connectivity index (χ2n) is 8.63. The van der Waals surface area contributed by atoms with E-state index >= 15 is 0 Å². The molecule has 0 atom stereocenters. The van der Waals surface area contributed by atoms with E-state index in [1.165, 1.54) is 11.3 Å². The number of allylic oxidation sites excluding steroid dienone is 1. The van der Waals surface area contributed by atoms with Crippen LogP contribution in [0.2, 0.25) is 0 Å². The standard InChI is InChI=1S/C26H30N2O3.O3S/c1-20(29)27(21-12-6-4-7-13-21)19-17-24-26(2,3)22-14-9-10-15-23(22)28(24)18-11-5-8-16-25(30)31;1-4(2)3/h4,6-7,9-10,12-15,17,19H,5,8,11,16,18H2,1-3H3;/p+1. The Balaban J connectivity index is 0.00000100. The van der Waals surface area contributed by atoms with Crippen LogP contribution in [0.3, 0.4) is 0 Å². The molecule has 1 amide bonds. The van der Waals surface area contributed by atoms with Gasteiger partial charge >= 0.3 is 16.6 Å². The summed E-state index contributed by atoms with van der Waals surface area (Å²) in [5.74, 6) is -0.787. The van der Waals surface area contributed by atoms with Crippen molar-refractivity contribution in [2.75, 3.05) is 11.4 Å². The Morgan fingerprint density at radius 1 is 0.971 bits per heavy atom. The summed E-state index contributed by atoms with van der Waals surface area (Å²) in [5, 5.41) is 8.87.